The van der Waals surface area contributed by atoms with Gasteiger partial charge in [0, 0.05) is 49.1 Å². The van der Waals surface area contributed by atoms with Crippen LogP contribution in [-0.2, 0) is 0 Å². The number of amidine groups is 1. The molecule has 0 saturated heterocycles. The zero-order valence-corrected chi connectivity index (χ0v) is 17.4. The number of halogens is 1. The number of aliphatic hydroxyl groups excluding tert-OH is 1. The molecule has 1 aliphatic heterocycles. The molecule has 146 valence electrons. The summed E-state index contributed by atoms with van der Waals surface area (Å²) in [5.74, 6) is 1.80. The number of aliphatic hydroxyl groups is 1. The van der Waals surface area contributed by atoms with Crippen molar-refractivity contribution >= 4 is 17.4 Å². The van der Waals surface area contributed by atoms with Crippen LogP contribution in [0.3, 0.4) is 0 Å². The third-order valence-electron chi connectivity index (χ3n) is 5.32. The van der Waals surface area contributed by atoms with Gasteiger partial charge in [-0.1, -0.05) is 56.5 Å². The molecule has 2 N–H and O–H groups in total. The van der Waals surface area contributed by atoms with Crippen LogP contribution in [0.5, 0.6) is 0 Å². The van der Waals surface area contributed by atoms with E-state index in [0.717, 1.165) is 48.1 Å². The van der Waals surface area contributed by atoms with Crippen LogP contribution in [0.25, 0.3) is 0 Å². The van der Waals surface area contributed by atoms with Crippen molar-refractivity contribution in [2.45, 2.75) is 39.5 Å². The monoisotopic (exact) mass is 379 g/mol. The largest absolute Gasteiger partial charge is 0.392 e. The molecule has 4 nitrogen and oxygen atoms in total. The van der Waals surface area contributed by atoms with Crippen molar-refractivity contribution < 1.29 is 5.11 Å². The van der Waals surface area contributed by atoms with E-state index in [-0.39, 0.29) is 18.4 Å². The van der Waals surface area contributed by atoms with E-state index in [9.17, 15) is 5.11 Å². The van der Waals surface area contributed by atoms with Gasteiger partial charge in [0.25, 0.3) is 0 Å². The van der Waals surface area contributed by atoms with Gasteiger partial charge in [0.15, 0.2) is 0 Å². The van der Waals surface area contributed by atoms with E-state index < -0.39 is 0 Å². The van der Waals surface area contributed by atoms with E-state index in [2.05, 4.69) is 49.3 Å². The molecule has 3 atom stereocenters. The van der Waals surface area contributed by atoms with Crippen molar-refractivity contribution in [2.75, 3.05) is 33.8 Å². The van der Waals surface area contributed by atoms with Crippen LogP contribution >= 0.6 is 11.6 Å². The predicted molar refractivity (Wildman–Crippen MR) is 111 cm³/mol. The van der Waals surface area contributed by atoms with Gasteiger partial charge < -0.3 is 15.3 Å². The lowest BCUT2D eigenvalue weighted by Gasteiger charge is -2.33. The van der Waals surface area contributed by atoms with Gasteiger partial charge >= 0.3 is 0 Å². The number of allylic oxidation sites excluding steroid dienone is 3. The van der Waals surface area contributed by atoms with E-state index in [1.54, 1.807) is 0 Å². The molecule has 0 aromatic heterocycles. The zero-order chi connectivity index (χ0) is 19.1. The molecule has 26 heavy (non-hydrogen) atoms. The first kappa shape index (κ1) is 21.2. The molecule has 0 spiro atoms. The first-order valence-corrected chi connectivity index (χ1v) is 10.2. The van der Waals surface area contributed by atoms with Gasteiger partial charge in [0.2, 0.25) is 0 Å². The van der Waals surface area contributed by atoms with Crippen molar-refractivity contribution in [3.05, 3.63) is 34.5 Å². The van der Waals surface area contributed by atoms with E-state index in [1.807, 2.05) is 7.05 Å². The smallest absolute Gasteiger partial charge is 0.109 e. The number of likely N-dealkylation sites (N-methyl/N-ethyl adjacent to an activating group) is 1. The Labute approximate surface area is 163 Å². The van der Waals surface area contributed by atoms with Crippen LogP contribution in [0.4, 0.5) is 0 Å². The van der Waals surface area contributed by atoms with E-state index in [0.29, 0.717) is 5.92 Å². The second kappa shape index (κ2) is 10.3. The van der Waals surface area contributed by atoms with Crippen LogP contribution in [0, 0.1) is 17.8 Å². The Balaban J connectivity index is 2.38. The Morgan fingerprint density at radius 1 is 1.46 bits per heavy atom. The van der Waals surface area contributed by atoms with Gasteiger partial charge in [-0.2, -0.15) is 0 Å². The van der Waals surface area contributed by atoms with Crippen LogP contribution in [0.15, 0.2) is 39.5 Å². The molecule has 0 radical (unpaired) electrons. The highest BCUT2D eigenvalue weighted by Crippen LogP contribution is 2.30. The fraction of sp³-hybridized carbons (Fsp3) is 0.667. The summed E-state index contributed by atoms with van der Waals surface area (Å²) in [6.45, 7) is 6.27. The molecule has 0 saturated carbocycles. The maximum absolute atomic E-state index is 9.93. The zero-order valence-electron chi connectivity index (χ0n) is 16.6. The predicted octanol–water partition coefficient (Wildman–Crippen LogP) is 3.94. The van der Waals surface area contributed by atoms with Crippen LogP contribution < -0.4 is 5.32 Å². The van der Waals surface area contributed by atoms with Crippen LogP contribution in [0.1, 0.15) is 39.5 Å². The first-order chi connectivity index (χ1) is 12.5. The lowest BCUT2D eigenvalue weighted by atomic mass is 9.90. The Bertz CT molecular complexity index is 594. The maximum atomic E-state index is 9.93. The number of nitrogens with one attached hydrogen (secondary N) is 1. The lowest BCUT2D eigenvalue weighted by molar-refractivity contribution is 0.247. The molecular formula is C21H34ClN3O. The summed E-state index contributed by atoms with van der Waals surface area (Å²) in [5, 5.41) is 14.1. The molecule has 5 heteroatoms. The molecular weight excluding hydrogens is 346 g/mol. The number of hydrogen-bond acceptors (Lipinski definition) is 3. The van der Waals surface area contributed by atoms with E-state index >= 15 is 0 Å². The molecule has 2 rings (SSSR count). The summed E-state index contributed by atoms with van der Waals surface area (Å²) in [5.41, 5.74) is 2.13. The average molecular weight is 380 g/mol. The van der Waals surface area contributed by atoms with Crippen LogP contribution in [0.2, 0.25) is 0 Å². The Kier molecular flexibility index (Phi) is 8.39. The second-order valence-electron chi connectivity index (χ2n) is 7.56. The molecule has 0 aromatic rings. The molecule has 2 aliphatic rings. The number of unbranched alkanes of at least 4 members (excludes halogenated alkanes) is 1. The summed E-state index contributed by atoms with van der Waals surface area (Å²) in [4.78, 5) is 7.38. The normalized spacial score (nSPS) is 28.2. The van der Waals surface area contributed by atoms with Gasteiger partial charge in [-0.3, -0.25) is 0 Å². The SMILES string of the molecule is CCCCC1CN(C)CC(CO)=C1/N=C(\NC)C1C=CCC(Cl)=CC1C. The van der Waals surface area contributed by atoms with Crippen molar-refractivity contribution in [3.8, 4) is 0 Å². The van der Waals surface area contributed by atoms with Gasteiger partial charge in [-0.15, -0.1) is 0 Å². The summed E-state index contributed by atoms with van der Waals surface area (Å²) < 4.78 is 0. The Morgan fingerprint density at radius 3 is 2.88 bits per heavy atom. The fourth-order valence-corrected chi connectivity index (χ4v) is 4.22. The lowest BCUT2D eigenvalue weighted by Crippen LogP contribution is -2.37. The number of rotatable bonds is 6. The fourth-order valence-electron chi connectivity index (χ4n) is 3.93. The number of hydrogen-bond donors (Lipinski definition) is 2. The van der Waals surface area contributed by atoms with Crippen LogP contribution in [-0.4, -0.2) is 49.6 Å². The average Bonchev–Trinajstić information content (AvgIpc) is 2.78. The quantitative estimate of drug-likeness (QED) is 0.417. The highest BCUT2D eigenvalue weighted by Gasteiger charge is 2.27. The highest BCUT2D eigenvalue weighted by atomic mass is 35.5. The molecule has 3 unspecified atom stereocenters. The minimum absolute atomic E-state index is 0.0740. The summed E-state index contributed by atoms with van der Waals surface area (Å²) >= 11 is 6.26. The third kappa shape index (κ3) is 5.45. The van der Waals surface area contributed by atoms with Gasteiger partial charge in [0.1, 0.15) is 5.84 Å². The van der Waals surface area contributed by atoms with Gasteiger partial charge in [-0.05, 0) is 25.0 Å². The van der Waals surface area contributed by atoms with E-state index in [4.69, 9.17) is 16.6 Å². The Hall–Kier alpha value is -1.10. The topological polar surface area (TPSA) is 47.9 Å². The van der Waals surface area contributed by atoms with Gasteiger partial charge in [0.05, 0.1) is 6.61 Å². The summed E-state index contributed by atoms with van der Waals surface area (Å²) in [6.07, 6.45) is 10.7. The van der Waals surface area contributed by atoms with Crippen molar-refractivity contribution in [1.29, 1.82) is 0 Å². The molecule has 1 aliphatic carbocycles. The molecule has 0 amide bonds. The van der Waals surface area contributed by atoms with Crippen molar-refractivity contribution in [1.82, 2.24) is 10.2 Å². The summed E-state index contributed by atoms with van der Waals surface area (Å²) in [6, 6.07) is 0. The minimum atomic E-state index is 0.0740. The standard InChI is InChI=1S/C21H34ClN3O/c1-5-6-8-16-12-25(4)13-17(14-26)20(16)24-21(23-3)19-10-7-9-18(22)11-15(19)2/h7,10-11,15-16,19,26H,5-6,8-9,12-14H2,1-4H3,(H,23,24). The first-order valence-electron chi connectivity index (χ1n) is 9.80. The molecule has 0 fully saturated rings. The van der Waals surface area contributed by atoms with E-state index in [1.165, 1.54) is 12.8 Å². The third-order valence-corrected chi connectivity index (χ3v) is 5.60. The molecule has 1 heterocycles. The second-order valence-corrected chi connectivity index (χ2v) is 8.05. The van der Waals surface area contributed by atoms with Gasteiger partial charge in [-0.25, -0.2) is 4.99 Å². The molecule has 0 aromatic carbocycles. The number of nitrogens with zero attached hydrogens (tertiary/aromatic N) is 2. The number of aliphatic imine (C=N–C) groups is 1. The van der Waals surface area contributed by atoms with Crippen molar-refractivity contribution in [2.24, 2.45) is 22.7 Å². The maximum Gasteiger partial charge on any atom is 0.109 e. The Morgan fingerprint density at radius 2 is 2.23 bits per heavy atom. The minimum Gasteiger partial charge on any atom is -0.392 e. The highest BCUT2D eigenvalue weighted by molar-refractivity contribution is 6.29. The molecule has 0 bridgehead atoms. The summed E-state index contributed by atoms with van der Waals surface area (Å²) in [7, 11) is 4.06. The van der Waals surface area contributed by atoms with Crippen molar-refractivity contribution in [3.63, 3.8) is 0 Å².